The number of hydrogen-bond donors (Lipinski definition) is 2. The van der Waals surface area contributed by atoms with Crippen molar-refractivity contribution in [3.63, 3.8) is 0 Å². The van der Waals surface area contributed by atoms with Crippen LogP contribution in [0.1, 0.15) is 10.5 Å². The number of morpholine rings is 1. The van der Waals surface area contributed by atoms with E-state index < -0.39 is 0 Å². The fourth-order valence-electron chi connectivity index (χ4n) is 1.70. The van der Waals surface area contributed by atoms with Crippen molar-refractivity contribution in [2.75, 3.05) is 33.3 Å². The lowest BCUT2D eigenvalue weighted by atomic mass is 10.3. The first-order valence-electron chi connectivity index (χ1n) is 5.33. The number of nitrogens with zero attached hydrogens (tertiary/aromatic N) is 2. The Hall–Kier alpha value is -1.40. The number of likely N-dealkylation sites (N-methyl/N-ethyl adjacent to an activating group) is 1. The van der Waals surface area contributed by atoms with Crippen LogP contribution in [0.4, 0.5) is 0 Å². The van der Waals surface area contributed by atoms with Gasteiger partial charge in [0, 0.05) is 26.7 Å². The molecule has 0 saturated carbocycles. The van der Waals surface area contributed by atoms with Crippen molar-refractivity contribution in [2.24, 2.45) is 0 Å². The average Bonchev–Trinajstić information content (AvgIpc) is 2.83. The summed E-state index contributed by atoms with van der Waals surface area (Å²) in [4.78, 5) is 20.1. The lowest BCUT2D eigenvalue weighted by Crippen LogP contribution is -2.45. The van der Waals surface area contributed by atoms with E-state index in [1.54, 1.807) is 11.9 Å². The van der Waals surface area contributed by atoms with Gasteiger partial charge in [0.2, 0.25) is 0 Å². The molecule has 1 atom stereocenters. The smallest absolute Gasteiger partial charge is 0.271 e. The molecule has 16 heavy (non-hydrogen) atoms. The molecule has 2 heterocycles. The molecule has 2 N–H and O–H groups in total. The summed E-state index contributed by atoms with van der Waals surface area (Å²) in [6.07, 6.45) is 3.10. The fourth-order valence-corrected chi connectivity index (χ4v) is 1.70. The molecule has 1 aliphatic heterocycles. The predicted octanol–water partition coefficient (Wildman–Crippen LogP) is -0.530. The third-order valence-electron chi connectivity index (χ3n) is 2.56. The van der Waals surface area contributed by atoms with Crippen LogP contribution in [0, 0.1) is 0 Å². The van der Waals surface area contributed by atoms with Crippen molar-refractivity contribution in [3.8, 4) is 0 Å². The van der Waals surface area contributed by atoms with E-state index in [-0.39, 0.29) is 12.0 Å². The summed E-state index contributed by atoms with van der Waals surface area (Å²) in [5.74, 6) is -0.0633. The Balaban J connectivity index is 1.87. The third kappa shape index (κ3) is 2.59. The van der Waals surface area contributed by atoms with Crippen LogP contribution in [0.3, 0.4) is 0 Å². The molecule has 6 heteroatoms. The van der Waals surface area contributed by atoms with Gasteiger partial charge in [-0.3, -0.25) is 4.79 Å². The molecule has 1 aromatic heterocycles. The molecule has 0 bridgehead atoms. The van der Waals surface area contributed by atoms with Gasteiger partial charge in [0.15, 0.2) is 0 Å². The molecule has 1 unspecified atom stereocenters. The molecule has 88 valence electrons. The molecule has 1 aromatic rings. The molecule has 6 nitrogen and oxygen atoms in total. The fraction of sp³-hybridized carbons (Fsp3) is 0.600. The SMILES string of the molecule is CN(CC1CNCCO1)C(=O)c1cnc[nH]1. The Morgan fingerprint density at radius 2 is 2.62 bits per heavy atom. The van der Waals surface area contributed by atoms with E-state index in [1.807, 2.05) is 0 Å². The minimum Gasteiger partial charge on any atom is -0.374 e. The van der Waals surface area contributed by atoms with Gasteiger partial charge in [-0.25, -0.2) is 4.98 Å². The number of carbonyl (C=O) groups is 1. The van der Waals surface area contributed by atoms with Crippen LogP contribution in [-0.4, -0.2) is 60.2 Å². The molecule has 0 aromatic carbocycles. The highest BCUT2D eigenvalue weighted by atomic mass is 16.5. The zero-order valence-electron chi connectivity index (χ0n) is 9.27. The predicted molar refractivity (Wildman–Crippen MR) is 58.2 cm³/mol. The Labute approximate surface area is 94.0 Å². The summed E-state index contributed by atoms with van der Waals surface area (Å²) in [5, 5.41) is 3.23. The first-order valence-corrected chi connectivity index (χ1v) is 5.33. The molecule has 1 saturated heterocycles. The first-order chi connectivity index (χ1) is 7.77. The van der Waals surface area contributed by atoms with Crippen LogP contribution < -0.4 is 5.32 Å². The van der Waals surface area contributed by atoms with E-state index in [0.717, 1.165) is 13.1 Å². The van der Waals surface area contributed by atoms with Crippen LogP contribution in [0.15, 0.2) is 12.5 Å². The maximum absolute atomic E-state index is 11.9. The maximum atomic E-state index is 11.9. The van der Waals surface area contributed by atoms with E-state index in [2.05, 4.69) is 15.3 Å². The van der Waals surface area contributed by atoms with E-state index >= 15 is 0 Å². The molecule has 0 spiro atoms. The maximum Gasteiger partial charge on any atom is 0.271 e. The molecule has 1 amide bonds. The molecule has 1 fully saturated rings. The number of nitrogens with one attached hydrogen (secondary N) is 2. The second-order valence-corrected chi connectivity index (χ2v) is 3.85. The molecule has 1 aliphatic rings. The number of imidazole rings is 1. The average molecular weight is 224 g/mol. The normalized spacial score (nSPS) is 20.7. The topological polar surface area (TPSA) is 70.2 Å². The number of rotatable bonds is 3. The molecule has 2 rings (SSSR count). The minimum absolute atomic E-state index is 0.0633. The lowest BCUT2D eigenvalue weighted by molar-refractivity contribution is 0.0103. The number of amides is 1. The quantitative estimate of drug-likeness (QED) is 0.724. The number of aromatic nitrogens is 2. The second-order valence-electron chi connectivity index (χ2n) is 3.85. The van der Waals surface area contributed by atoms with E-state index in [4.69, 9.17) is 4.74 Å². The van der Waals surface area contributed by atoms with Crippen LogP contribution in [-0.2, 0) is 4.74 Å². The van der Waals surface area contributed by atoms with Gasteiger partial charge < -0.3 is 19.9 Å². The Kier molecular flexibility index (Phi) is 3.53. The van der Waals surface area contributed by atoms with Crippen molar-refractivity contribution < 1.29 is 9.53 Å². The molecule has 0 radical (unpaired) electrons. The first kappa shape index (κ1) is 11.1. The van der Waals surface area contributed by atoms with Crippen molar-refractivity contribution in [1.82, 2.24) is 20.2 Å². The Bertz CT molecular complexity index is 333. The zero-order valence-corrected chi connectivity index (χ0v) is 9.27. The van der Waals surface area contributed by atoms with Crippen LogP contribution in [0.2, 0.25) is 0 Å². The molecular formula is C10H16N4O2. The van der Waals surface area contributed by atoms with Crippen LogP contribution >= 0.6 is 0 Å². The summed E-state index contributed by atoms with van der Waals surface area (Å²) in [5.41, 5.74) is 0.506. The number of aromatic amines is 1. The second kappa shape index (κ2) is 5.09. The van der Waals surface area contributed by atoms with Crippen molar-refractivity contribution >= 4 is 5.91 Å². The summed E-state index contributed by atoms with van der Waals surface area (Å²) >= 11 is 0. The van der Waals surface area contributed by atoms with Crippen molar-refractivity contribution in [3.05, 3.63) is 18.2 Å². The summed E-state index contributed by atoms with van der Waals surface area (Å²) in [6.45, 7) is 2.97. The van der Waals surface area contributed by atoms with Gasteiger partial charge in [0.05, 0.1) is 25.2 Å². The molecule has 0 aliphatic carbocycles. The number of ether oxygens (including phenoxy) is 1. The van der Waals surface area contributed by atoms with Gasteiger partial charge >= 0.3 is 0 Å². The largest absolute Gasteiger partial charge is 0.374 e. The zero-order chi connectivity index (χ0) is 11.4. The van der Waals surface area contributed by atoms with E-state index in [1.165, 1.54) is 12.5 Å². The lowest BCUT2D eigenvalue weighted by Gasteiger charge is -2.27. The van der Waals surface area contributed by atoms with Gasteiger partial charge in [-0.15, -0.1) is 0 Å². The van der Waals surface area contributed by atoms with Crippen LogP contribution in [0.25, 0.3) is 0 Å². The van der Waals surface area contributed by atoms with E-state index in [9.17, 15) is 4.79 Å². The van der Waals surface area contributed by atoms with Gasteiger partial charge in [-0.2, -0.15) is 0 Å². The molecular weight excluding hydrogens is 208 g/mol. The van der Waals surface area contributed by atoms with Crippen molar-refractivity contribution in [1.29, 1.82) is 0 Å². The van der Waals surface area contributed by atoms with Gasteiger partial charge in [0.25, 0.3) is 5.91 Å². The summed E-state index contributed by atoms with van der Waals surface area (Å²) in [7, 11) is 1.77. The standard InChI is InChI=1S/C10H16N4O2/c1-14(6-8-4-11-2-3-16-8)10(15)9-5-12-7-13-9/h5,7-8,11H,2-4,6H2,1H3,(H,12,13). The highest BCUT2D eigenvalue weighted by Crippen LogP contribution is 2.02. The van der Waals surface area contributed by atoms with Gasteiger partial charge in [0.1, 0.15) is 5.69 Å². The minimum atomic E-state index is -0.0633. The van der Waals surface area contributed by atoms with E-state index in [0.29, 0.717) is 18.8 Å². The van der Waals surface area contributed by atoms with Crippen LogP contribution in [0.5, 0.6) is 0 Å². The van der Waals surface area contributed by atoms with Gasteiger partial charge in [-0.1, -0.05) is 0 Å². The Morgan fingerprint density at radius 1 is 1.75 bits per heavy atom. The number of carbonyl (C=O) groups excluding carboxylic acids is 1. The summed E-state index contributed by atoms with van der Waals surface area (Å²) < 4.78 is 5.53. The highest BCUT2D eigenvalue weighted by molar-refractivity contribution is 5.91. The van der Waals surface area contributed by atoms with Gasteiger partial charge in [-0.05, 0) is 0 Å². The highest BCUT2D eigenvalue weighted by Gasteiger charge is 2.19. The Morgan fingerprint density at radius 3 is 3.25 bits per heavy atom. The number of hydrogen-bond acceptors (Lipinski definition) is 4. The number of H-pyrrole nitrogens is 1. The third-order valence-corrected chi connectivity index (χ3v) is 2.56. The van der Waals surface area contributed by atoms with Crippen molar-refractivity contribution in [2.45, 2.75) is 6.10 Å². The monoisotopic (exact) mass is 224 g/mol. The summed E-state index contributed by atoms with van der Waals surface area (Å²) in [6, 6.07) is 0.